The summed E-state index contributed by atoms with van der Waals surface area (Å²) < 4.78 is 33.6. The Bertz CT molecular complexity index is 1110. The zero-order valence-corrected chi connectivity index (χ0v) is 17.1. The molecular formula is C24H21ClF2N2O. The minimum atomic E-state index is -0.331. The maximum atomic E-state index is 14.3. The number of fused-ring (bicyclic) bond motifs is 1. The third-order valence-corrected chi connectivity index (χ3v) is 4.98. The van der Waals surface area contributed by atoms with E-state index in [0.29, 0.717) is 11.4 Å². The van der Waals surface area contributed by atoms with Crippen LogP contribution in [0.4, 0.5) is 20.2 Å². The minimum absolute atomic E-state index is 0. The van der Waals surface area contributed by atoms with Crippen LogP contribution in [-0.4, -0.2) is 13.3 Å². The van der Waals surface area contributed by atoms with Crippen LogP contribution in [0.15, 0.2) is 72.3 Å². The molecule has 0 spiro atoms. The van der Waals surface area contributed by atoms with Gasteiger partial charge in [-0.15, -0.1) is 0 Å². The van der Waals surface area contributed by atoms with Gasteiger partial charge in [0.1, 0.15) is 11.6 Å². The summed E-state index contributed by atoms with van der Waals surface area (Å²) in [7, 11) is 1.64. The van der Waals surface area contributed by atoms with Crippen molar-refractivity contribution in [2.24, 2.45) is 0 Å². The van der Waals surface area contributed by atoms with Crippen LogP contribution in [0, 0.1) is 11.6 Å². The molecule has 4 rings (SSSR count). The lowest BCUT2D eigenvalue weighted by Gasteiger charge is -2.23. The summed E-state index contributed by atoms with van der Waals surface area (Å²) in [5.74, 6) is 0.127. The zero-order chi connectivity index (χ0) is 20.2. The van der Waals surface area contributed by atoms with E-state index in [1.54, 1.807) is 49.7 Å². The SMILES string of the molecule is COc1ccc2c(c1)CCC(C=[NH+]c1ccccc1F)=C2Nc1ccccc1F.[Cl-]. The molecule has 0 aromatic heterocycles. The van der Waals surface area contributed by atoms with E-state index in [1.807, 2.05) is 18.2 Å². The van der Waals surface area contributed by atoms with E-state index >= 15 is 0 Å². The van der Waals surface area contributed by atoms with Gasteiger partial charge < -0.3 is 22.5 Å². The molecule has 0 saturated carbocycles. The van der Waals surface area contributed by atoms with Gasteiger partial charge in [0.15, 0.2) is 12.0 Å². The van der Waals surface area contributed by atoms with Crippen molar-refractivity contribution in [3.05, 3.63) is 95.1 Å². The molecule has 0 heterocycles. The van der Waals surface area contributed by atoms with E-state index in [9.17, 15) is 8.78 Å². The van der Waals surface area contributed by atoms with Crippen molar-refractivity contribution in [3.63, 3.8) is 0 Å². The molecule has 0 atom stereocenters. The molecular weight excluding hydrogens is 406 g/mol. The van der Waals surface area contributed by atoms with Gasteiger partial charge in [-0.2, -0.15) is 4.39 Å². The topological polar surface area (TPSA) is 35.2 Å². The van der Waals surface area contributed by atoms with Gasteiger partial charge in [0, 0.05) is 17.2 Å². The summed E-state index contributed by atoms with van der Waals surface area (Å²) in [5.41, 5.74) is 4.61. The lowest BCUT2D eigenvalue weighted by atomic mass is 9.89. The Morgan fingerprint density at radius 2 is 1.67 bits per heavy atom. The van der Waals surface area contributed by atoms with Crippen LogP contribution in [0.2, 0.25) is 0 Å². The molecule has 0 unspecified atom stereocenters. The number of nitrogens with one attached hydrogen (secondary N) is 2. The van der Waals surface area contributed by atoms with Crippen LogP contribution in [0.5, 0.6) is 5.75 Å². The molecule has 0 amide bonds. The van der Waals surface area contributed by atoms with Gasteiger partial charge in [-0.3, -0.25) is 0 Å². The van der Waals surface area contributed by atoms with Crippen LogP contribution in [-0.2, 0) is 6.42 Å². The molecule has 154 valence electrons. The van der Waals surface area contributed by atoms with Gasteiger partial charge in [-0.1, -0.05) is 24.3 Å². The van der Waals surface area contributed by atoms with Crippen molar-refractivity contribution >= 4 is 23.3 Å². The standard InChI is InChI=1S/C24H20F2N2O.ClH/c1-29-18-12-13-19-16(14-18)10-11-17(15-27-22-8-4-2-6-20(22)25)24(19)28-23-9-5-3-7-21(23)26;/h2-9,12-15,28H,10-11H2,1H3;1H. The smallest absolute Gasteiger partial charge is 0.239 e. The first-order valence-electron chi connectivity index (χ1n) is 9.42. The maximum absolute atomic E-state index is 14.3. The van der Waals surface area contributed by atoms with Crippen molar-refractivity contribution in [1.82, 2.24) is 0 Å². The molecule has 3 aromatic carbocycles. The summed E-state index contributed by atoms with van der Waals surface area (Å²) >= 11 is 0. The fourth-order valence-corrected chi connectivity index (χ4v) is 3.45. The summed E-state index contributed by atoms with van der Waals surface area (Å²) in [6, 6.07) is 18.9. The number of aryl methyl sites for hydroxylation is 1. The largest absolute Gasteiger partial charge is 1.00 e. The molecule has 3 aromatic rings. The van der Waals surface area contributed by atoms with E-state index in [1.165, 1.54) is 12.1 Å². The van der Waals surface area contributed by atoms with Crippen LogP contribution in [0.25, 0.3) is 5.70 Å². The number of para-hydroxylation sites is 2. The molecule has 1 aliphatic carbocycles. The van der Waals surface area contributed by atoms with Crippen molar-refractivity contribution in [1.29, 1.82) is 0 Å². The van der Waals surface area contributed by atoms with Crippen molar-refractivity contribution in [2.45, 2.75) is 12.8 Å². The second-order valence-corrected chi connectivity index (χ2v) is 6.80. The third kappa shape index (κ3) is 4.52. The minimum Gasteiger partial charge on any atom is -1.00 e. The lowest BCUT2D eigenvalue weighted by molar-refractivity contribution is -0.350. The molecule has 30 heavy (non-hydrogen) atoms. The fourth-order valence-electron chi connectivity index (χ4n) is 3.45. The van der Waals surface area contributed by atoms with Crippen LogP contribution in [0.1, 0.15) is 17.5 Å². The number of allylic oxidation sites excluding steroid dienone is 1. The molecule has 6 heteroatoms. The summed E-state index contributed by atoms with van der Waals surface area (Å²) in [6.45, 7) is 0. The fraction of sp³-hybridized carbons (Fsp3) is 0.125. The second-order valence-electron chi connectivity index (χ2n) is 6.80. The van der Waals surface area contributed by atoms with E-state index in [0.717, 1.165) is 41.0 Å². The number of methoxy groups -OCH3 is 1. The number of rotatable bonds is 5. The molecule has 1 aliphatic rings. The van der Waals surface area contributed by atoms with Crippen molar-refractivity contribution in [3.8, 4) is 5.75 Å². The Morgan fingerprint density at radius 3 is 2.40 bits per heavy atom. The molecule has 3 nitrogen and oxygen atoms in total. The van der Waals surface area contributed by atoms with E-state index in [4.69, 9.17) is 4.74 Å². The van der Waals surface area contributed by atoms with E-state index in [-0.39, 0.29) is 24.0 Å². The number of halogens is 3. The van der Waals surface area contributed by atoms with E-state index < -0.39 is 0 Å². The summed E-state index contributed by atoms with van der Waals surface area (Å²) in [6.07, 6.45) is 3.31. The average molecular weight is 427 g/mol. The van der Waals surface area contributed by atoms with Gasteiger partial charge in [0.25, 0.3) is 0 Å². The first-order valence-corrected chi connectivity index (χ1v) is 9.42. The maximum Gasteiger partial charge on any atom is 0.239 e. The predicted molar refractivity (Wildman–Crippen MR) is 111 cm³/mol. The number of hydrogen-bond donors (Lipinski definition) is 2. The second kappa shape index (κ2) is 9.55. The number of anilines is 1. The normalized spacial score (nSPS) is 13.0. The van der Waals surface area contributed by atoms with Crippen molar-refractivity contribution < 1.29 is 30.9 Å². The van der Waals surface area contributed by atoms with Gasteiger partial charge in [0.2, 0.25) is 5.69 Å². The van der Waals surface area contributed by atoms with Crippen LogP contribution < -0.4 is 27.5 Å². The molecule has 0 aliphatic heterocycles. The molecule has 0 radical (unpaired) electrons. The van der Waals surface area contributed by atoms with Gasteiger partial charge in [-0.25, -0.2) is 9.38 Å². The molecule has 2 N–H and O–H groups in total. The number of ether oxygens (including phenoxy) is 1. The molecule has 0 bridgehead atoms. The third-order valence-electron chi connectivity index (χ3n) is 4.98. The quantitative estimate of drug-likeness (QED) is 0.602. The summed E-state index contributed by atoms with van der Waals surface area (Å²) in [5, 5.41) is 3.24. The van der Waals surface area contributed by atoms with Crippen LogP contribution in [0.3, 0.4) is 0 Å². The number of benzene rings is 3. The Labute approximate surface area is 180 Å². The highest BCUT2D eigenvalue weighted by atomic mass is 35.5. The Morgan fingerprint density at radius 1 is 0.933 bits per heavy atom. The monoisotopic (exact) mass is 426 g/mol. The highest BCUT2D eigenvalue weighted by Gasteiger charge is 2.21. The van der Waals surface area contributed by atoms with Gasteiger partial charge >= 0.3 is 0 Å². The zero-order valence-electron chi connectivity index (χ0n) is 16.4. The predicted octanol–water partition coefficient (Wildman–Crippen LogP) is 1.23. The summed E-state index contributed by atoms with van der Waals surface area (Å²) in [4.78, 5) is 3.05. The Kier molecular flexibility index (Phi) is 6.85. The Balaban J connectivity index is 0.00000256. The first-order chi connectivity index (χ1) is 14.2. The average Bonchev–Trinajstić information content (AvgIpc) is 2.75. The van der Waals surface area contributed by atoms with Crippen LogP contribution >= 0.6 is 0 Å². The number of hydrogen-bond acceptors (Lipinski definition) is 2. The lowest BCUT2D eigenvalue weighted by Crippen LogP contribution is -3.00. The van der Waals surface area contributed by atoms with Crippen molar-refractivity contribution in [2.75, 3.05) is 12.4 Å². The first kappa shape index (κ1) is 21.5. The Hall–Kier alpha value is -3.18. The molecule has 0 fully saturated rings. The van der Waals surface area contributed by atoms with Gasteiger partial charge in [-0.05, 0) is 54.8 Å². The van der Waals surface area contributed by atoms with Gasteiger partial charge in [0.05, 0.1) is 18.5 Å². The highest BCUT2D eigenvalue weighted by molar-refractivity contribution is 5.95. The highest BCUT2D eigenvalue weighted by Crippen LogP contribution is 2.34. The molecule has 0 saturated heterocycles. The van der Waals surface area contributed by atoms with E-state index in [2.05, 4.69) is 10.3 Å².